The van der Waals surface area contributed by atoms with Gasteiger partial charge >= 0.3 is 5.97 Å². The zero-order valence-electron chi connectivity index (χ0n) is 18.6. The molecule has 0 aliphatic heterocycles. The molecule has 0 saturated heterocycles. The van der Waals surface area contributed by atoms with Crippen molar-refractivity contribution in [1.82, 2.24) is 0 Å². The van der Waals surface area contributed by atoms with Crippen LogP contribution in [0.25, 0.3) is 0 Å². The van der Waals surface area contributed by atoms with Crippen LogP contribution in [-0.4, -0.2) is 23.5 Å². The summed E-state index contributed by atoms with van der Waals surface area (Å²) in [7, 11) is 0. The number of ketones is 1. The van der Waals surface area contributed by atoms with Crippen LogP contribution in [0.1, 0.15) is 67.2 Å². The van der Waals surface area contributed by atoms with Crippen molar-refractivity contribution >= 4 is 11.8 Å². The van der Waals surface area contributed by atoms with Crippen molar-refractivity contribution in [3.63, 3.8) is 0 Å². The molecule has 0 spiro atoms. The number of esters is 1. The van der Waals surface area contributed by atoms with Crippen LogP contribution >= 0.6 is 0 Å². The van der Waals surface area contributed by atoms with Crippen LogP contribution in [0.2, 0.25) is 0 Å². The minimum atomic E-state index is -0.430. The van der Waals surface area contributed by atoms with Gasteiger partial charge in [-0.05, 0) is 36.3 Å². The number of allylic oxidation sites excluding steroid dienone is 6. The lowest BCUT2D eigenvalue weighted by molar-refractivity contribution is -0.147. The van der Waals surface area contributed by atoms with E-state index in [0.717, 1.165) is 36.0 Å². The van der Waals surface area contributed by atoms with E-state index in [1.165, 1.54) is 0 Å². The molecule has 0 heterocycles. The maximum atomic E-state index is 12.8. The topological polar surface area (TPSA) is 63.6 Å². The Morgan fingerprint density at radius 3 is 2.48 bits per heavy atom. The maximum Gasteiger partial charge on any atom is 0.306 e. The van der Waals surface area contributed by atoms with E-state index in [-0.39, 0.29) is 34.8 Å². The van der Waals surface area contributed by atoms with Gasteiger partial charge in [-0.2, -0.15) is 0 Å². The first-order valence-corrected chi connectivity index (χ1v) is 10.8. The van der Waals surface area contributed by atoms with Gasteiger partial charge in [0.05, 0.1) is 0 Å². The first-order valence-electron chi connectivity index (χ1n) is 10.8. The molecule has 1 fully saturated rings. The zero-order chi connectivity index (χ0) is 21.6. The number of rotatable bonds is 5. The fourth-order valence-corrected chi connectivity index (χ4v) is 5.20. The number of aliphatic hydroxyl groups is 1. The number of hydrogen-bond acceptors (Lipinski definition) is 4. The number of Topliss-reactive ketones (excluding diaryl/α,β-unsaturated/α-hetero) is 1. The van der Waals surface area contributed by atoms with Crippen LogP contribution in [0.4, 0.5) is 0 Å². The van der Waals surface area contributed by atoms with Crippen molar-refractivity contribution in [1.29, 1.82) is 0 Å². The minimum absolute atomic E-state index is 0.0577. The summed E-state index contributed by atoms with van der Waals surface area (Å²) >= 11 is 0. The predicted molar refractivity (Wildman–Crippen MR) is 114 cm³/mol. The Morgan fingerprint density at radius 1 is 1.17 bits per heavy atom. The second-order valence-corrected chi connectivity index (χ2v) is 10.0. The molecular weight excluding hydrogens is 364 g/mol. The molecule has 3 aliphatic rings. The summed E-state index contributed by atoms with van der Waals surface area (Å²) in [6, 6.07) is 0. The summed E-state index contributed by atoms with van der Waals surface area (Å²) in [5.74, 6) is -0.215. The molecule has 0 aromatic heterocycles. The standard InChI is InChI=1S/C25H34O4/c1-15(2)12-20(26)29-14-24(5)10-7-11-25(6)19(24)9-8-17-13-18(16(3)4)22(27)23(28)21(17)25/h8-9,13,15-16,28H,7,10-12,14H2,1-6H3. The quantitative estimate of drug-likeness (QED) is 0.611. The van der Waals surface area contributed by atoms with Gasteiger partial charge in [0.2, 0.25) is 5.78 Å². The normalized spacial score (nSPS) is 29.2. The molecule has 1 saturated carbocycles. The third-order valence-corrected chi connectivity index (χ3v) is 6.69. The van der Waals surface area contributed by atoms with Crippen LogP contribution in [0.3, 0.4) is 0 Å². The van der Waals surface area contributed by atoms with Crippen LogP contribution in [0.5, 0.6) is 0 Å². The molecule has 3 aliphatic carbocycles. The highest BCUT2D eigenvalue weighted by Crippen LogP contribution is 2.59. The molecule has 158 valence electrons. The Kier molecular flexibility index (Phi) is 5.68. The number of carbonyl (C=O) groups is 2. The lowest BCUT2D eigenvalue weighted by Gasteiger charge is -2.50. The van der Waals surface area contributed by atoms with Crippen molar-refractivity contribution in [3.8, 4) is 0 Å². The molecule has 2 atom stereocenters. The Bertz CT molecular complexity index is 852. The van der Waals surface area contributed by atoms with Crippen LogP contribution in [-0.2, 0) is 14.3 Å². The van der Waals surface area contributed by atoms with E-state index in [9.17, 15) is 14.7 Å². The van der Waals surface area contributed by atoms with E-state index in [4.69, 9.17) is 4.74 Å². The van der Waals surface area contributed by atoms with E-state index in [2.05, 4.69) is 19.9 Å². The Labute approximate surface area is 174 Å². The van der Waals surface area contributed by atoms with Gasteiger partial charge in [-0.1, -0.05) is 65.7 Å². The zero-order valence-corrected chi connectivity index (χ0v) is 18.6. The van der Waals surface area contributed by atoms with Gasteiger partial charge in [-0.25, -0.2) is 0 Å². The molecule has 0 bridgehead atoms. The molecule has 4 nitrogen and oxygen atoms in total. The fourth-order valence-electron chi connectivity index (χ4n) is 5.20. The number of aliphatic hydroxyl groups excluding tert-OH is 1. The van der Waals surface area contributed by atoms with Crippen molar-refractivity contribution in [2.45, 2.75) is 67.2 Å². The summed E-state index contributed by atoms with van der Waals surface area (Å²) in [5, 5.41) is 10.9. The second kappa shape index (κ2) is 7.62. The SMILES string of the molecule is CC(C)CC(=O)OCC1(C)CCCC2(C)C1=CC=C1C=C(C(C)C)C(=O)C(O)=C12. The van der Waals surface area contributed by atoms with E-state index in [1.807, 2.05) is 39.8 Å². The van der Waals surface area contributed by atoms with Gasteiger partial charge in [0.1, 0.15) is 6.61 Å². The van der Waals surface area contributed by atoms with E-state index in [1.54, 1.807) is 0 Å². The first-order chi connectivity index (χ1) is 13.5. The van der Waals surface area contributed by atoms with Gasteiger partial charge in [0.15, 0.2) is 5.76 Å². The molecule has 3 rings (SSSR count). The molecular formula is C25H34O4. The van der Waals surface area contributed by atoms with Gasteiger partial charge in [-0.15, -0.1) is 0 Å². The average molecular weight is 399 g/mol. The predicted octanol–water partition coefficient (Wildman–Crippen LogP) is 5.62. The molecule has 1 N–H and O–H groups in total. The lowest BCUT2D eigenvalue weighted by atomic mass is 9.54. The third kappa shape index (κ3) is 3.74. The highest BCUT2D eigenvalue weighted by Gasteiger charge is 2.50. The minimum Gasteiger partial charge on any atom is -0.504 e. The monoisotopic (exact) mass is 398 g/mol. The van der Waals surface area contributed by atoms with Gasteiger partial charge in [0.25, 0.3) is 0 Å². The van der Waals surface area contributed by atoms with Crippen LogP contribution in [0.15, 0.2) is 46.3 Å². The summed E-state index contributed by atoms with van der Waals surface area (Å²) in [5.41, 5.74) is 2.73. The summed E-state index contributed by atoms with van der Waals surface area (Å²) < 4.78 is 5.66. The number of ether oxygens (including phenoxy) is 1. The van der Waals surface area contributed by atoms with Gasteiger partial charge in [0, 0.05) is 28.4 Å². The maximum absolute atomic E-state index is 12.8. The van der Waals surface area contributed by atoms with Crippen LogP contribution < -0.4 is 0 Å². The highest BCUT2D eigenvalue weighted by atomic mass is 16.5. The number of fused-ring (bicyclic) bond motifs is 3. The third-order valence-electron chi connectivity index (χ3n) is 6.69. The van der Waals surface area contributed by atoms with Crippen molar-refractivity contribution in [2.75, 3.05) is 6.61 Å². The number of carbonyl (C=O) groups excluding carboxylic acids is 2. The van der Waals surface area contributed by atoms with E-state index < -0.39 is 5.41 Å². The largest absolute Gasteiger partial charge is 0.504 e. The van der Waals surface area contributed by atoms with E-state index in [0.29, 0.717) is 18.6 Å². The Hall–Kier alpha value is -2.10. The van der Waals surface area contributed by atoms with Gasteiger partial charge < -0.3 is 9.84 Å². The van der Waals surface area contributed by atoms with Gasteiger partial charge in [-0.3, -0.25) is 9.59 Å². The van der Waals surface area contributed by atoms with Crippen molar-refractivity contribution in [3.05, 3.63) is 46.3 Å². The molecule has 0 aromatic rings. The van der Waals surface area contributed by atoms with E-state index >= 15 is 0 Å². The number of hydrogen-bond donors (Lipinski definition) is 1. The molecule has 0 aromatic carbocycles. The summed E-state index contributed by atoms with van der Waals surface area (Å²) in [4.78, 5) is 25.0. The molecule has 29 heavy (non-hydrogen) atoms. The fraction of sp³-hybridized carbons (Fsp3) is 0.600. The summed E-state index contributed by atoms with van der Waals surface area (Å²) in [6.07, 6.45) is 9.23. The van der Waals surface area contributed by atoms with Crippen molar-refractivity contribution < 1.29 is 19.4 Å². The average Bonchev–Trinajstić information content (AvgIpc) is 2.61. The smallest absolute Gasteiger partial charge is 0.306 e. The highest BCUT2D eigenvalue weighted by molar-refractivity contribution is 6.10. The Balaban J connectivity index is 1.98. The van der Waals surface area contributed by atoms with Crippen LogP contribution in [0, 0.1) is 22.7 Å². The Morgan fingerprint density at radius 2 is 1.86 bits per heavy atom. The molecule has 0 amide bonds. The first kappa shape index (κ1) is 21.6. The van der Waals surface area contributed by atoms with Crippen molar-refractivity contribution in [2.24, 2.45) is 22.7 Å². The second-order valence-electron chi connectivity index (χ2n) is 10.0. The molecule has 2 unspecified atom stereocenters. The lowest BCUT2D eigenvalue weighted by Crippen LogP contribution is -2.43. The molecule has 0 radical (unpaired) electrons. The summed E-state index contributed by atoms with van der Waals surface area (Å²) in [6.45, 7) is 12.5. The molecule has 4 heteroatoms.